The van der Waals surface area contributed by atoms with E-state index in [-0.39, 0.29) is 49.5 Å². The molecule has 1 heterocycles. The van der Waals surface area contributed by atoms with Crippen LogP contribution in [0.1, 0.15) is 31.2 Å². The van der Waals surface area contributed by atoms with Gasteiger partial charge in [0.1, 0.15) is 5.82 Å². The van der Waals surface area contributed by atoms with Gasteiger partial charge in [0.2, 0.25) is 17.7 Å². The molecule has 1 aromatic rings. The fraction of sp³-hybridized carbons (Fsp3) is 0.500. The van der Waals surface area contributed by atoms with E-state index < -0.39 is 5.41 Å². The van der Waals surface area contributed by atoms with E-state index in [1.807, 2.05) is 0 Å². The summed E-state index contributed by atoms with van der Waals surface area (Å²) in [7, 11) is 0. The Kier molecular flexibility index (Phi) is 5.13. The topological polar surface area (TPSA) is 75.7 Å². The lowest BCUT2D eigenvalue weighted by atomic mass is 9.95. The van der Waals surface area contributed by atoms with Crippen LogP contribution >= 0.6 is 0 Å². The van der Waals surface area contributed by atoms with Crippen LogP contribution in [-0.2, 0) is 24.5 Å². The molecule has 3 amide bonds. The van der Waals surface area contributed by atoms with Gasteiger partial charge in [0.05, 0.1) is 25.2 Å². The molecule has 1 aliphatic carbocycles. The van der Waals surface area contributed by atoms with Crippen LogP contribution in [0.15, 0.2) is 24.3 Å². The van der Waals surface area contributed by atoms with Gasteiger partial charge >= 0.3 is 0 Å². The van der Waals surface area contributed by atoms with Gasteiger partial charge in [-0.1, -0.05) is 12.1 Å². The third kappa shape index (κ3) is 3.87. The summed E-state index contributed by atoms with van der Waals surface area (Å²) in [5.74, 6) is -0.704. The SMILES string of the molecule is O=C1CCC(=O)N1CCOCCNC(=O)C1(c2ccc(F)cc2)CC1. The standard InChI is InChI=1S/C18H21FN2O4/c19-14-3-1-13(2-4-14)18(7-8-18)17(24)20-9-11-25-12-10-21-15(22)5-6-16(21)23/h1-4H,5-12H2,(H,20,24). The van der Waals surface area contributed by atoms with Crippen molar-refractivity contribution in [1.82, 2.24) is 10.2 Å². The summed E-state index contributed by atoms with van der Waals surface area (Å²) in [6, 6.07) is 6.05. The molecule has 3 rings (SSSR count). The molecule has 7 heteroatoms. The number of benzene rings is 1. The predicted octanol–water partition coefficient (Wildman–Crippen LogP) is 1.14. The Bertz CT molecular complexity index is 654. The second-order valence-electron chi connectivity index (χ2n) is 6.40. The summed E-state index contributed by atoms with van der Waals surface area (Å²) in [6.45, 7) is 1.17. The molecule has 1 saturated heterocycles. The van der Waals surface area contributed by atoms with E-state index in [0.29, 0.717) is 13.2 Å². The number of amides is 3. The van der Waals surface area contributed by atoms with Gasteiger partial charge < -0.3 is 10.1 Å². The smallest absolute Gasteiger partial charge is 0.230 e. The van der Waals surface area contributed by atoms with Gasteiger partial charge in [0.15, 0.2) is 0 Å². The number of ether oxygens (including phenoxy) is 1. The quantitative estimate of drug-likeness (QED) is 0.565. The van der Waals surface area contributed by atoms with E-state index >= 15 is 0 Å². The summed E-state index contributed by atoms with van der Waals surface area (Å²) in [6.07, 6.45) is 2.07. The number of nitrogens with zero attached hydrogens (tertiary/aromatic N) is 1. The highest BCUT2D eigenvalue weighted by Crippen LogP contribution is 2.48. The number of nitrogens with one attached hydrogen (secondary N) is 1. The minimum Gasteiger partial charge on any atom is -0.378 e. The predicted molar refractivity (Wildman–Crippen MR) is 87.1 cm³/mol. The van der Waals surface area contributed by atoms with Crippen molar-refractivity contribution in [2.75, 3.05) is 26.3 Å². The van der Waals surface area contributed by atoms with Gasteiger partial charge in [0, 0.05) is 19.4 Å². The maximum atomic E-state index is 13.0. The molecule has 1 N–H and O–H groups in total. The highest BCUT2D eigenvalue weighted by Gasteiger charge is 2.51. The average molecular weight is 348 g/mol. The Morgan fingerprint density at radius 2 is 1.76 bits per heavy atom. The Hall–Kier alpha value is -2.28. The normalized spacial score (nSPS) is 18.5. The Morgan fingerprint density at radius 3 is 2.36 bits per heavy atom. The van der Waals surface area contributed by atoms with Crippen molar-refractivity contribution in [2.45, 2.75) is 31.1 Å². The number of hydrogen-bond donors (Lipinski definition) is 1. The number of hydrogen-bond acceptors (Lipinski definition) is 4. The second kappa shape index (κ2) is 7.31. The van der Waals surface area contributed by atoms with Crippen molar-refractivity contribution in [3.05, 3.63) is 35.6 Å². The number of rotatable bonds is 8. The summed E-state index contributed by atoms with van der Waals surface area (Å²) in [4.78, 5) is 36.5. The van der Waals surface area contributed by atoms with E-state index in [9.17, 15) is 18.8 Å². The Morgan fingerprint density at radius 1 is 1.12 bits per heavy atom. The molecule has 25 heavy (non-hydrogen) atoms. The van der Waals surface area contributed by atoms with Gasteiger partial charge in [0.25, 0.3) is 0 Å². The molecule has 6 nitrogen and oxygen atoms in total. The van der Waals surface area contributed by atoms with Crippen LogP contribution in [0.2, 0.25) is 0 Å². The molecule has 0 radical (unpaired) electrons. The molecule has 0 unspecified atom stereocenters. The first-order valence-corrected chi connectivity index (χ1v) is 8.48. The van der Waals surface area contributed by atoms with Crippen molar-refractivity contribution >= 4 is 17.7 Å². The van der Waals surface area contributed by atoms with E-state index in [1.54, 1.807) is 12.1 Å². The largest absolute Gasteiger partial charge is 0.378 e. The first kappa shape index (κ1) is 17.5. The van der Waals surface area contributed by atoms with Crippen LogP contribution in [0.5, 0.6) is 0 Å². The van der Waals surface area contributed by atoms with Crippen LogP contribution in [0, 0.1) is 5.82 Å². The van der Waals surface area contributed by atoms with Crippen LogP contribution < -0.4 is 5.32 Å². The molecular formula is C18H21FN2O4. The second-order valence-corrected chi connectivity index (χ2v) is 6.40. The lowest BCUT2D eigenvalue weighted by Gasteiger charge is -2.16. The average Bonchev–Trinajstić information content (AvgIpc) is 3.35. The summed E-state index contributed by atoms with van der Waals surface area (Å²) in [5.41, 5.74) is 0.292. The first-order chi connectivity index (χ1) is 12.0. The van der Waals surface area contributed by atoms with Crippen LogP contribution in [-0.4, -0.2) is 48.9 Å². The molecule has 2 fully saturated rings. The molecule has 0 aromatic heterocycles. The van der Waals surface area contributed by atoms with Gasteiger partial charge in [-0.25, -0.2) is 4.39 Å². The van der Waals surface area contributed by atoms with E-state index in [2.05, 4.69) is 5.32 Å². The molecule has 2 aliphatic rings. The fourth-order valence-electron chi connectivity index (χ4n) is 3.08. The lowest BCUT2D eigenvalue weighted by molar-refractivity contribution is -0.139. The first-order valence-electron chi connectivity index (χ1n) is 8.48. The highest BCUT2D eigenvalue weighted by atomic mass is 19.1. The van der Waals surface area contributed by atoms with E-state index in [1.165, 1.54) is 17.0 Å². The van der Waals surface area contributed by atoms with Crippen LogP contribution in [0.3, 0.4) is 0 Å². The maximum absolute atomic E-state index is 13.0. The fourth-order valence-corrected chi connectivity index (χ4v) is 3.08. The molecule has 1 saturated carbocycles. The third-order valence-electron chi connectivity index (χ3n) is 4.73. The lowest BCUT2D eigenvalue weighted by Crippen LogP contribution is -2.37. The van der Waals surface area contributed by atoms with Crippen molar-refractivity contribution in [2.24, 2.45) is 0 Å². The number of carbonyl (C=O) groups excluding carboxylic acids is 3. The maximum Gasteiger partial charge on any atom is 0.230 e. The third-order valence-corrected chi connectivity index (χ3v) is 4.73. The number of carbonyl (C=O) groups is 3. The zero-order valence-electron chi connectivity index (χ0n) is 13.9. The zero-order chi connectivity index (χ0) is 17.9. The van der Waals surface area contributed by atoms with Crippen LogP contribution in [0.25, 0.3) is 0 Å². The van der Waals surface area contributed by atoms with Gasteiger partial charge in [-0.15, -0.1) is 0 Å². The van der Waals surface area contributed by atoms with Crippen molar-refractivity contribution in [1.29, 1.82) is 0 Å². The number of likely N-dealkylation sites (tertiary alicyclic amines) is 1. The summed E-state index contributed by atoms with van der Waals surface area (Å²) >= 11 is 0. The minimum atomic E-state index is -0.540. The van der Waals surface area contributed by atoms with E-state index in [4.69, 9.17) is 4.74 Å². The van der Waals surface area contributed by atoms with Gasteiger partial charge in [-0.05, 0) is 30.5 Å². The summed E-state index contributed by atoms with van der Waals surface area (Å²) < 4.78 is 18.4. The highest BCUT2D eigenvalue weighted by molar-refractivity contribution is 6.01. The van der Waals surface area contributed by atoms with E-state index in [0.717, 1.165) is 18.4 Å². The van der Waals surface area contributed by atoms with Crippen molar-refractivity contribution in [3.8, 4) is 0 Å². The zero-order valence-corrected chi connectivity index (χ0v) is 13.9. The van der Waals surface area contributed by atoms with Gasteiger partial charge in [-0.2, -0.15) is 0 Å². The molecule has 0 bridgehead atoms. The Balaban J connectivity index is 1.36. The monoisotopic (exact) mass is 348 g/mol. The summed E-state index contributed by atoms with van der Waals surface area (Å²) in [5, 5.41) is 2.84. The Labute approximate surface area is 145 Å². The molecule has 134 valence electrons. The molecule has 1 aromatic carbocycles. The number of imide groups is 1. The molecule has 0 atom stereocenters. The molecular weight excluding hydrogens is 327 g/mol. The molecule has 1 aliphatic heterocycles. The number of halogens is 1. The van der Waals surface area contributed by atoms with Gasteiger partial charge in [-0.3, -0.25) is 19.3 Å². The minimum absolute atomic E-state index is 0.0763. The van der Waals surface area contributed by atoms with Crippen LogP contribution in [0.4, 0.5) is 4.39 Å². The van der Waals surface area contributed by atoms with Crippen molar-refractivity contribution in [3.63, 3.8) is 0 Å². The van der Waals surface area contributed by atoms with Crippen molar-refractivity contribution < 1.29 is 23.5 Å². The molecule has 0 spiro atoms.